The number of aromatic nitrogens is 1. The Kier molecular flexibility index (Phi) is 6.16. The normalized spacial score (nSPS) is 19.2. The van der Waals surface area contributed by atoms with Crippen LogP contribution in [-0.4, -0.2) is 41.2 Å². The standard InChI is InChI=1S/C16H11NO2.C6H14N2/c18-16(19)13-10-15(11-6-2-1-3-7-11)17-14-9-5-4-8-12(13)14;1-5-3-7-4-6(2)8-5/h1-10H,(H,18,19);5-8H,3-4H2,1-2H3. The summed E-state index contributed by atoms with van der Waals surface area (Å²) in [6.07, 6.45) is 0. The summed E-state index contributed by atoms with van der Waals surface area (Å²) in [4.78, 5) is 15.9. The van der Waals surface area contributed by atoms with Crippen molar-refractivity contribution in [3.63, 3.8) is 0 Å². The molecule has 1 aromatic heterocycles. The molecule has 2 aromatic carbocycles. The van der Waals surface area contributed by atoms with Gasteiger partial charge in [0.1, 0.15) is 0 Å². The van der Waals surface area contributed by atoms with Crippen LogP contribution in [0, 0.1) is 0 Å². The summed E-state index contributed by atoms with van der Waals surface area (Å²) >= 11 is 0. The van der Waals surface area contributed by atoms with E-state index < -0.39 is 5.97 Å². The van der Waals surface area contributed by atoms with Gasteiger partial charge in [0.15, 0.2) is 0 Å². The molecule has 5 heteroatoms. The van der Waals surface area contributed by atoms with E-state index in [1.54, 1.807) is 12.1 Å². The largest absolute Gasteiger partial charge is 0.478 e. The van der Waals surface area contributed by atoms with Gasteiger partial charge in [0.25, 0.3) is 0 Å². The monoisotopic (exact) mass is 363 g/mol. The SMILES string of the molecule is CC1CNCC(C)N1.O=C(O)c1cc(-c2ccccc2)nc2ccccc12. The molecule has 0 aliphatic carbocycles. The first kappa shape index (κ1) is 19.0. The lowest BCUT2D eigenvalue weighted by molar-refractivity contribution is 0.0699. The lowest BCUT2D eigenvalue weighted by atomic mass is 10.0. The van der Waals surface area contributed by atoms with Crippen molar-refractivity contribution in [3.05, 3.63) is 66.2 Å². The number of benzene rings is 2. The number of fused-ring (bicyclic) bond motifs is 1. The first-order valence-corrected chi connectivity index (χ1v) is 9.20. The highest BCUT2D eigenvalue weighted by Crippen LogP contribution is 2.24. The number of hydrogen-bond acceptors (Lipinski definition) is 4. The Bertz CT molecular complexity index is 904. The van der Waals surface area contributed by atoms with Crippen molar-refractivity contribution in [2.75, 3.05) is 13.1 Å². The third kappa shape index (κ3) is 4.90. The van der Waals surface area contributed by atoms with E-state index in [4.69, 9.17) is 0 Å². The van der Waals surface area contributed by atoms with Crippen molar-refractivity contribution in [1.29, 1.82) is 0 Å². The van der Waals surface area contributed by atoms with E-state index in [9.17, 15) is 9.90 Å². The lowest BCUT2D eigenvalue weighted by Crippen LogP contribution is -2.52. The predicted octanol–water partition coefficient (Wildman–Crippen LogP) is 3.56. The van der Waals surface area contributed by atoms with E-state index >= 15 is 0 Å². The average Bonchev–Trinajstić information content (AvgIpc) is 2.68. The number of nitrogens with one attached hydrogen (secondary N) is 2. The maximum atomic E-state index is 11.4. The summed E-state index contributed by atoms with van der Waals surface area (Å²) in [5.74, 6) is -0.934. The Morgan fingerprint density at radius 2 is 1.63 bits per heavy atom. The molecule has 0 amide bonds. The van der Waals surface area contributed by atoms with Gasteiger partial charge >= 0.3 is 5.97 Å². The van der Waals surface area contributed by atoms with Gasteiger partial charge in [-0.05, 0) is 26.0 Å². The zero-order chi connectivity index (χ0) is 19.2. The van der Waals surface area contributed by atoms with Crippen molar-refractivity contribution in [2.45, 2.75) is 25.9 Å². The topological polar surface area (TPSA) is 74.2 Å². The van der Waals surface area contributed by atoms with E-state index in [-0.39, 0.29) is 5.56 Å². The van der Waals surface area contributed by atoms with E-state index in [0.717, 1.165) is 18.7 Å². The van der Waals surface area contributed by atoms with E-state index in [2.05, 4.69) is 29.5 Å². The lowest BCUT2D eigenvalue weighted by Gasteiger charge is -2.26. The molecule has 4 rings (SSSR count). The minimum Gasteiger partial charge on any atom is -0.478 e. The molecular weight excluding hydrogens is 338 g/mol. The van der Waals surface area contributed by atoms with Gasteiger partial charge in [-0.3, -0.25) is 0 Å². The second-order valence-corrected chi connectivity index (χ2v) is 6.87. The van der Waals surface area contributed by atoms with Gasteiger partial charge < -0.3 is 15.7 Å². The van der Waals surface area contributed by atoms with Crippen LogP contribution < -0.4 is 10.6 Å². The van der Waals surface area contributed by atoms with Crippen LogP contribution in [0.2, 0.25) is 0 Å². The molecule has 1 fully saturated rings. The molecule has 1 aliphatic rings. The molecule has 0 spiro atoms. The molecule has 2 unspecified atom stereocenters. The summed E-state index contributed by atoms with van der Waals surface area (Å²) in [6.45, 7) is 6.62. The number of carboxylic acids is 1. The Morgan fingerprint density at radius 3 is 2.22 bits per heavy atom. The first-order valence-electron chi connectivity index (χ1n) is 9.20. The number of aromatic carboxylic acids is 1. The average molecular weight is 363 g/mol. The van der Waals surface area contributed by atoms with Gasteiger partial charge in [-0.25, -0.2) is 9.78 Å². The number of rotatable bonds is 2. The van der Waals surface area contributed by atoms with Gasteiger partial charge in [0.2, 0.25) is 0 Å². The van der Waals surface area contributed by atoms with Gasteiger partial charge in [0.05, 0.1) is 16.8 Å². The summed E-state index contributed by atoms with van der Waals surface area (Å²) in [5.41, 5.74) is 2.57. The van der Waals surface area contributed by atoms with E-state index in [0.29, 0.717) is 28.7 Å². The van der Waals surface area contributed by atoms with Crippen LogP contribution >= 0.6 is 0 Å². The highest BCUT2D eigenvalue weighted by molar-refractivity contribution is 6.03. The molecular formula is C22H25N3O2. The van der Waals surface area contributed by atoms with Crippen LogP contribution in [0.3, 0.4) is 0 Å². The van der Waals surface area contributed by atoms with Crippen LogP contribution in [0.5, 0.6) is 0 Å². The number of hydrogen-bond donors (Lipinski definition) is 3. The molecule has 0 saturated carbocycles. The van der Waals surface area contributed by atoms with Crippen molar-refractivity contribution < 1.29 is 9.90 Å². The van der Waals surface area contributed by atoms with Gasteiger partial charge in [-0.2, -0.15) is 0 Å². The smallest absolute Gasteiger partial charge is 0.336 e. The summed E-state index contributed by atoms with van der Waals surface area (Å²) in [7, 11) is 0. The van der Waals surface area contributed by atoms with Crippen molar-refractivity contribution >= 4 is 16.9 Å². The molecule has 5 nitrogen and oxygen atoms in total. The number of piperazine rings is 1. The van der Waals surface area contributed by atoms with Crippen LogP contribution in [0.25, 0.3) is 22.2 Å². The third-order valence-corrected chi connectivity index (χ3v) is 4.49. The molecule has 3 N–H and O–H groups in total. The van der Waals surface area contributed by atoms with E-state index in [1.807, 2.05) is 48.5 Å². The third-order valence-electron chi connectivity index (χ3n) is 4.49. The first-order chi connectivity index (χ1) is 13.0. The molecule has 2 heterocycles. The second-order valence-electron chi connectivity index (χ2n) is 6.87. The summed E-state index contributed by atoms with van der Waals surface area (Å²) in [6, 6.07) is 19.8. The zero-order valence-electron chi connectivity index (χ0n) is 15.6. The number of carbonyl (C=O) groups is 1. The van der Waals surface area contributed by atoms with Crippen LogP contribution in [0.4, 0.5) is 0 Å². The minimum atomic E-state index is -0.934. The fourth-order valence-electron chi connectivity index (χ4n) is 3.23. The molecule has 140 valence electrons. The molecule has 2 atom stereocenters. The van der Waals surface area contributed by atoms with E-state index in [1.165, 1.54) is 0 Å². The Labute approximate surface area is 159 Å². The molecule has 0 radical (unpaired) electrons. The maximum Gasteiger partial charge on any atom is 0.336 e. The van der Waals surface area contributed by atoms with Crippen molar-refractivity contribution in [3.8, 4) is 11.3 Å². The van der Waals surface area contributed by atoms with Crippen LogP contribution in [0.1, 0.15) is 24.2 Å². The molecule has 1 saturated heterocycles. The Balaban J connectivity index is 0.000000221. The number of para-hydroxylation sites is 1. The van der Waals surface area contributed by atoms with Crippen molar-refractivity contribution in [2.24, 2.45) is 0 Å². The van der Waals surface area contributed by atoms with Gasteiger partial charge in [-0.15, -0.1) is 0 Å². The molecule has 3 aromatic rings. The highest BCUT2D eigenvalue weighted by Gasteiger charge is 2.12. The molecule has 0 bridgehead atoms. The highest BCUT2D eigenvalue weighted by atomic mass is 16.4. The zero-order valence-corrected chi connectivity index (χ0v) is 15.6. The summed E-state index contributed by atoms with van der Waals surface area (Å²) < 4.78 is 0. The number of carboxylic acid groups (broad SMARTS) is 1. The predicted molar refractivity (Wildman–Crippen MR) is 109 cm³/mol. The molecule has 1 aliphatic heterocycles. The maximum absolute atomic E-state index is 11.4. The Hall–Kier alpha value is -2.76. The van der Waals surface area contributed by atoms with Crippen LogP contribution in [0.15, 0.2) is 60.7 Å². The number of nitrogens with zero attached hydrogens (tertiary/aromatic N) is 1. The quantitative estimate of drug-likeness (QED) is 0.649. The Morgan fingerprint density at radius 1 is 1.00 bits per heavy atom. The van der Waals surface area contributed by atoms with Crippen LogP contribution in [-0.2, 0) is 0 Å². The van der Waals surface area contributed by atoms with Crippen molar-refractivity contribution in [1.82, 2.24) is 15.6 Å². The fourth-order valence-corrected chi connectivity index (χ4v) is 3.23. The minimum absolute atomic E-state index is 0.282. The van der Waals surface area contributed by atoms with Gasteiger partial charge in [-0.1, -0.05) is 48.5 Å². The van der Waals surface area contributed by atoms with Gasteiger partial charge in [0, 0.05) is 36.1 Å². The fraction of sp³-hybridized carbons (Fsp3) is 0.273. The number of pyridine rings is 1. The molecule has 27 heavy (non-hydrogen) atoms. The summed E-state index contributed by atoms with van der Waals surface area (Å²) in [5, 5.41) is 16.7. The second kappa shape index (κ2) is 8.75.